The number of hydrogen-bond donors (Lipinski definition) is 1. The molecule has 5 nitrogen and oxygen atoms in total. The lowest BCUT2D eigenvalue weighted by Gasteiger charge is -2.09. The summed E-state index contributed by atoms with van der Waals surface area (Å²) in [7, 11) is 0. The van der Waals surface area contributed by atoms with E-state index in [4.69, 9.17) is 4.74 Å². The molecule has 1 N–H and O–H groups in total. The van der Waals surface area contributed by atoms with Crippen molar-refractivity contribution in [1.29, 1.82) is 0 Å². The minimum atomic E-state index is -0.0421. The molecule has 0 bridgehead atoms. The molecule has 0 amide bonds. The molecule has 1 heterocycles. The van der Waals surface area contributed by atoms with Gasteiger partial charge in [-0.1, -0.05) is 30.3 Å². The summed E-state index contributed by atoms with van der Waals surface area (Å²) in [6.45, 7) is 5.57. The molecule has 0 fully saturated rings. The van der Waals surface area contributed by atoms with Gasteiger partial charge in [-0.2, -0.15) is 0 Å². The fraction of sp³-hybridized carbons (Fsp3) is 0.500. The number of aliphatic hydroxyl groups is 1. The number of benzene rings is 1. The molecular weight excluding hydrogens is 266 g/mol. The normalized spacial score (nSPS) is 10.8. The Labute approximate surface area is 125 Å². The number of hydrogen-bond acceptors (Lipinski definition) is 4. The largest absolute Gasteiger partial charge is 0.493 e. The van der Waals surface area contributed by atoms with Gasteiger partial charge in [0.1, 0.15) is 11.4 Å². The van der Waals surface area contributed by atoms with Gasteiger partial charge in [-0.05, 0) is 37.8 Å². The lowest BCUT2D eigenvalue weighted by atomic mass is 10.2. The van der Waals surface area contributed by atoms with Crippen molar-refractivity contribution in [3.05, 3.63) is 41.2 Å². The molecule has 0 saturated carbocycles. The Morgan fingerprint density at radius 1 is 1.24 bits per heavy atom. The minimum absolute atomic E-state index is 0.0421. The highest BCUT2D eigenvalue weighted by atomic mass is 16.5. The van der Waals surface area contributed by atoms with Gasteiger partial charge < -0.3 is 9.84 Å². The molecule has 2 rings (SSSR count). The molecule has 1 aromatic heterocycles. The van der Waals surface area contributed by atoms with E-state index in [0.29, 0.717) is 12.3 Å². The van der Waals surface area contributed by atoms with Crippen molar-refractivity contribution >= 4 is 0 Å². The first kappa shape index (κ1) is 15.5. The molecule has 0 unspecified atom stereocenters. The Kier molecular flexibility index (Phi) is 5.75. The second-order valence-corrected chi connectivity index (χ2v) is 5.04. The van der Waals surface area contributed by atoms with Crippen LogP contribution in [0.5, 0.6) is 5.75 Å². The molecule has 0 aliphatic heterocycles. The number of ether oxygens (including phenoxy) is 1. The predicted octanol–water partition coefficient (Wildman–Crippen LogP) is 2.50. The molecule has 114 valence electrons. The molecule has 2 aromatic rings. The van der Waals surface area contributed by atoms with Crippen LogP contribution in [0.3, 0.4) is 0 Å². The number of rotatable bonds is 8. The highest BCUT2D eigenvalue weighted by molar-refractivity contribution is 5.31. The number of para-hydroxylation sites is 1. The van der Waals surface area contributed by atoms with Crippen LogP contribution in [0.15, 0.2) is 24.3 Å². The highest BCUT2D eigenvalue weighted by Crippen LogP contribution is 2.16. The van der Waals surface area contributed by atoms with E-state index in [1.54, 1.807) is 0 Å². The summed E-state index contributed by atoms with van der Waals surface area (Å²) < 4.78 is 7.66. The zero-order valence-electron chi connectivity index (χ0n) is 12.7. The second kappa shape index (κ2) is 7.78. The van der Waals surface area contributed by atoms with E-state index in [2.05, 4.69) is 30.2 Å². The van der Waals surface area contributed by atoms with Crippen LogP contribution in [-0.4, -0.2) is 26.7 Å². The van der Waals surface area contributed by atoms with E-state index >= 15 is 0 Å². The maximum atomic E-state index is 9.19. The Morgan fingerprint density at radius 3 is 2.76 bits per heavy atom. The smallest absolute Gasteiger partial charge is 0.122 e. The molecule has 1 aromatic carbocycles. The van der Waals surface area contributed by atoms with Gasteiger partial charge in [-0.15, -0.1) is 5.10 Å². The standard InChI is InChI=1S/C16H23N3O2/c1-3-15-14(12-20)17-18-19(15)10-6-7-11-21-16-9-5-4-8-13(16)2/h4-5,8-9,20H,3,6-7,10-12H2,1-2H3. The SMILES string of the molecule is CCc1c(CO)nnn1CCCCOc1ccccc1C. The molecule has 0 aliphatic rings. The number of aryl methyl sites for hydroxylation is 2. The first-order chi connectivity index (χ1) is 10.3. The van der Waals surface area contributed by atoms with Gasteiger partial charge in [0.2, 0.25) is 0 Å². The van der Waals surface area contributed by atoms with Crippen molar-refractivity contribution in [2.75, 3.05) is 6.61 Å². The average Bonchev–Trinajstić information content (AvgIpc) is 2.90. The third kappa shape index (κ3) is 4.04. The van der Waals surface area contributed by atoms with Crippen molar-refractivity contribution in [3.63, 3.8) is 0 Å². The van der Waals surface area contributed by atoms with Crippen LogP contribution in [0.2, 0.25) is 0 Å². The molecule has 0 saturated heterocycles. The summed E-state index contributed by atoms with van der Waals surface area (Å²) >= 11 is 0. The Bertz CT molecular complexity index is 566. The Morgan fingerprint density at radius 2 is 2.05 bits per heavy atom. The van der Waals surface area contributed by atoms with Gasteiger partial charge in [0.25, 0.3) is 0 Å². The average molecular weight is 289 g/mol. The summed E-state index contributed by atoms with van der Waals surface area (Å²) in [6, 6.07) is 8.05. The van der Waals surface area contributed by atoms with Gasteiger partial charge in [0, 0.05) is 6.54 Å². The number of aliphatic hydroxyl groups excluding tert-OH is 1. The van der Waals surface area contributed by atoms with Crippen LogP contribution in [0.1, 0.15) is 36.7 Å². The van der Waals surface area contributed by atoms with Crippen LogP contribution in [-0.2, 0) is 19.6 Å². The summed E-state index contributed by atoms with van der Waals surface area (Å²) in [5, 5.41) is 17.3. The van der Waals surface area contributed by atoms with E-state index in [0.717, 1.165) is 42.8 Å². The summed E-state index contributed by atoms with van der Waals surface area (Å²) in [6.07, 6.45) is 2.78. The predicted molar refractivity (Wildman–Crippen MR) is 81.2 cm³/mol. The van der Waals surface area contributed by atoms with Crippen molar-refractivity contribution in [2.24, 2.45) is 0 Å². The fourth-order valence-corrected chi connectivity index (χ4v) is 2.32. The quantitative estimate of drug-likeness (QED) is 0.759. The van der Waals surface area contributed by atoms with Crippen LogP contribution in [0.25, 0.3) is 0 Å². The Hall–Kier alpha value is -1.88. The van der Waals surface area contributed by atoms with Crippen LogP contribution >= 0.6 is 0 Å². The molecule has 0 atom stereocenters. The van der Waals surface area contributed by atoms with Crippen LogP contribution < -0.4 is 4.74 Å². The summed E-state index contributed by atoms with van der Waals surface area (Å²) in [5.74, 6) is 0.954. The van der Waals surface area contributed by atoms with Crippen molar-refractivity contribution in [3.8, 4) is 5.75 Å². The zero-order valence-corrected chi connectivity index (χ0v) is 12.7. The maximum Gasteiger partial charge on any atom is 0.122 e. The van der Waals surface area contributed by atoms with E-state index in [1.165, 1.54) is 0 Å². The van der Waals surface area contributed by atoms with E-state index in [9.17, 15) is 5.11 Å². The van der Waals surface area contributed by atoms with Crippen molar-refractivity contribution < 1.29 is 9.84 Å². The number of aromatic nitrogens is 3. The number of unbranched alkanes of at least 4 members (excludes halogenated alkanes) is 1. The minimum Gasteiger partial charge on any atom is -0.493 e. The Balaban J connectivity index is 1.75. The van der Waals surface area contributed by atoms with E-state index in [1.807, 2.05) is 22.9 Å². The zero-order chi connectivity index (χ0) is 15.1. The van der Waals surface area contributed by atoms with E-state index < -0.39 is 0 Å². The van der Waals surface area contributed by atoms with Gasteiger partial charge in [0.15, 0.2) is 0 Å². The third-order valence-corrected chi connectivity index (χ3v) is 3.52. The highest BCUT2D eigenvalue weighted by Gasteiger charge is 2.09. The van der Waals surface area contributed by atoms with Gasteiger partial charge in [0.05, 0.1) is 18.9 Å². The monoisotopic (exact) mass is 289 g/mol. The molecule has 21 heavy (non-hydrogen) atoms. The van der Waals surface area contributed by atoms with Gasteiger partial charge >= 0.3 is 0 Å². The molecule has 0 aliphatic carbocycles. The third-order valence-electron chi connectivity index (χ3n) is 3.52. The lowest BCUT2D eigenvalue weighted by molar-refractivity contribution is 0.275. The first-order valence-corrected chi connectivity index (χ1v) is 7.46. The molecule has 5 heteroatoms. The second-order valence-electron chi connectivity index (χ2n) is 5.04. The fourth-order valence-electron chi connectivity index (χ4n) is 2.32. The number of nitrogens with zero attached hydrogens (tertiary/aromatic N) is 3. The lowest BCUT2D eigenvalue weighted by Crippen LogP contribution is -2.07. The summed E-state index contributed by atoms with van der Waals surface area (Å²) in [4.78, 5) is 0. The van der Waals surface area contributed by atoms with E-state index in [-0.39, 0.29) is 6.61 Å². The van der Waals surface area contributed by atoms with Crippen molar-refractivity contribution in [1.82, 2.24) is 15.0 Å². The first-order valence-electron chi connectivity index (χ1n) is 7.46. The van der Waals surface area contributed by atoms with Crippen molar-refractivity contribution in [2.45, 2.75) is 46.3 Å². The van der Waals surface area contributed by atoms with Gasteiger partial charge in [-0.3, -0.25) is 0 Å². The molecular formula is C16H23N3O2. The summed E-state index contributed by atoms with van der Waals surface area (Å²) in [5.41, 5.74) is 2.88. The van der Waals surface area contributed by atoms with Gasteiger partial charge in [-0.25, -0.2) is 4.68 Å². The molecule has 0 radical (unpaired) electrons. The molecule has 0 spiro atoms. The maximum absolute atomic E-state index is 9.19. The van der Waals surface area contributed by atoms with Crippen LogP contribution in [0, 0.1) is 6.92 Å². The van der Waals surface area contributed by atoms with Crippen LogP contribution in [0.4, 0.5) is 0 Å². The topological polar surface area (TPSA) is 60.2 Å².